The molecule has 0 aliphatic rings. The van der Waals surface area contributed by atoms with Crippen LogP contribution in [-0.2, 0) is 14.6 Å². The van der Waals surface area contributed by atoms with E-state index in [4.69, 9.17) is 4.74 Å². The average Bonchev–Trinajstić information content (AvgIpc) is 1.97. The standard InChI is InChI=1S/C7H13O3Si/c1-10-7(11)5-3-2-4-6(8)9/h2,4,7H,3,5H2,1,11H3. The Labute approximate surface area is 69.5 Å². The first-order valence-corrected chi connectivity index (χ1v) is 4.72. The van der Waals surface area contributed by atoms with Crippen molar-refractivity contribution in [2.75, 3.05) is 7.11 Å². The minimum Gasteiger partial charge on any atom is -0.386 e. The molecule has 63 valence electrons. The van der Waals surface area contributed by atoms with Gasteiger partial charge >= 0.3 is 5.97 Å². The van der Waals surface area contributed by atoms with Crippen molar-refractivity contribution in [2.45, 2.75) is 18.6 Å². The number of methoxy groups -OCH3 is 1. The van der Waals surface area contributed by atoms with Crippen LogP contribution in [0.3, 0.4) is 0 Å². The molecule has 0 saturated carbocycles. The van der Waals surface area contributed by atoms with Crippen molar-refractivity contribution in [1.29, 1.82) is 0 Å². The number of carbonyl (C=O) groups is 1. The summed E-state index contributed by atoms with van der Waals surface area (Å²) in [5.41, 5.74) is 0.321. The molecule has 0 amide bonds. The molecule has 0 aliphatic carbocycles. The van der Waals surface area contributed by atoms with Crippen LogP contribution in [0.5, 0.6) is 0 Å². The number of ether oxygens (including phenoxy) is 1. The highest BCUT2D eigenvalue weighted by Gasteiger charge is 1.96. The van der Waals surface area contributed by atoms with Crippen LogP contribution in [0, 0.1) is 0 Å². The van der Waals surface area contributed by atoms with Crippen LogP contribution >= 0.6 is 0 Å². The van der Waals surface area contributed by atoms with Crippen molar-refractivity contribution in [3.63, 3.8) is 0 Å². The normalized spacial score (nSPS) is 13.9. The van der Waals surface area contributed by atoms with Gasteiger partial charge < -0.3 is 4.74 Å². The van der Waals surface area contributed by atoms with Crippen LogP contribution in [0.15, 0.2) is 12.2 Å². The minimum absolute atomic E-state index is 0.321. The van der Waals surface area contributed by atoms with Crippen LogP contribution in [0.4, 0.5) is 0 Å². The lowest BCUT2D eigenvalue weighted by Crippen LogP contribution is -2.08. The number of allylic oxidation sites excluding steroid dienone is 1. The van der Waals surface area contributed by atoms with Crippen molar-refractivity contribution >= 4 is 16.2 Å². The molecule has 1 unspecified atom stereocenters. The van der Waals surface area contributed by atoms with Gasteiger partial charge in [-0.15, -0.1) is 0 Å². The quantitative estimate of drug-likeness (QED) is 0.420. The van der Waals surface area contributed by atoms with Gasteiger partial charge in [0.15, 0.2) is 0 Å². The fourth-order valence-electron chi connectivity index (χ4n) is 0.628. The summed E-state index contributed by atoms with van der Waals surface area (Å²) in [5, 5.41) is 9.89. The molecule has 1 atom stereocenters. The van der Waals surface area contributed by atoms with E-state index >= 15 is 0 Å². The summed E-state index contributed by atoms with van der Waals surface area (Å²) in [6.07, 6.45) is 4.30. The number of carbonyl (C=O) groups excluding carboxylic acids is 1. The van der Waals surface area contributed by atoms with Crippen molar-refractivity contribution in [2.24, 2.45) is 0 Å². The third kappa shape index (κ3) is 7.28. The van der Waals surface area contributed by atoms with Crippen molar-refractivity contribution in [3.8, 4) is 0 Å². The predicted molar refractivity (Wildman–Crippen MR) is 44.8 cm³/mol. The van der Waals surface area contributed by atoms with Gasteiger partial charge in [-0.1, -0.05) is 6.08 Å². The molecular formula is C7H13O3Si. The van der Waals surface area contributed by atoms with Gasteiger partial charge in [-0.2, -0.15) is 0 Å². The molecular weight excluding hydrogens is 160 g/mol. The number of rotatable bonds is 5. The van der Waals surface area contributed by atoms with Crippen LogP contribution in [0.1, 0.15) is 12.8 Å². The molecule has 0 saturated heterocycles. The Balaban J connectivity index is 3.33. The zero-order valence-corrected chi connectivity index (χ0v) is 8.87. The molecule has 3 nitrogen and oxygen atoms in total. The molecule has 0 aromatic heterocycles. The first-order chi connectivity index (χ1) is 5.16. The van der Waals surface area contributed by atoms with E-state index in [9.17, 15) is 9.90 Å². The second kappa shape index (κ2) is 6.12. The first-order valence-electron chi connectivity index (χ1n) is 3.57. The Morgan fingerprint density at radius 1 is 1.73 bits per heavy atom. The van der Waals surface area contributed by atoms with Crippen molar-refractivity contribution in [1.82, 2.24) is 0 Å². The zero-order valence-electron chi connectivity index (χ0n) is 6.87. The van der Waals surface area contributed by atoms with E-state index in [0.717, 1.165) is 29.2 Å². The van der Waals surface area contributed by atoms with Crippen molar-refractivity contribution < 1.29 is 14.6 Å². The largest absolute Gasteiger partial charge is 0.386 e. The molecule has 4 heteroatoms. The molecule has 0 rings (SSSR count). The highest BCUT2D eigenvalue weighted by atomic mass is 28.1. The molecule has 0 N–H and O–H groups in total. The van der Waals surface area contributed by atoms with E-state index < -0.39 is 5.97 Å². The van der Waals surface area contributed by atoms with E-state index in [1.807, 2.05) is 0 Å². The van der Waals surface area contributed by atoms with Gasteiger partial charge in [0, 0.05) is 29.2 Å². The maximum atomic E-state index is 9.89. The Hall–Kier alpha value is -0.613. The minimum atomic E-state index is -1.13. The summed E-state index contributed by atoms with van der Waals surface area (Å²) < 4.78 is 5.02. The van der Waals surface area contributed by atoms with Gasteiger partial charge in [0.25, 0.3) is 0 Å². The van der Waals surface area contributed by atoms with E-state index in [2.05, 4.69) is 0 Å². The van der Waals surface area contributed by atoms with Crippen LogP contribution in [0.25, 0.3) is 0 Å². The van der Waals surface area contributed by atoms with Crippen LogP contribution in [-0.4, -0.2) is 29.0 Å². The lowest BCUT2D eigenvalue weighted by Gasteiger charge is -2.05. The Bertz CT molecular complexity index is 145. The van der Waals surface area contributed by atoms with Crippen LogP contribution in [0.2, 0.25) is 0 Å². The Kier molecular flexibility index (Phi) is 5.78. The molecule has 0 aromatic carbocycles. The van der Waals surface area contributed by atoms with E-state index in [1.165, 1.54) is 0 Å². The predicted octanol–water partition coefficient (Wildman–Crippen LogP) is -0.382. The lowest BCUT2D eigenvalue weighted by atomic mass is 10.3. The average molecular weight is 173 g/mol. The Morgan fingerprint density at radius 3 is 2.82 bits per heavy atom. The van der Waals surface area contributed by atoms with Gasteiger partial charge in [0.1, 0.15) is 0 Å². The summed E-state index contributed by atoms with van der Waals surface area (Å²) in [5.74, 6) is -1.13. The summed E-state index contributed by atoms with van der Waals surface area (Å²) in [7, 11) is 2.65. The molecule has 0 aromatic rings. The summed E-state index contributed by atoms with van der Waals surface area (Å²) in [6.45, 7) is 0. The third-order valence-corrected chi connectivity index (χ3v) is 2.44. The molecule has 0 bridgehead atoms. The number of hydrogen-bond acceptors (Lipinski definition) is 2. The first kappa shape index (κ1) is 10.4. The highest BCUT2D eigenvalue weighted by molar-refractivity contribution is 6.10. The molecule has 1 radical (unpaired) electrons. The van der Waals surface area contributed by atoms with E-state index in [-0.39, 0.29) is 0 Å². The fraction of sp³-hybridized carbons (Fsp3) is 0.571. The Morgan fingerprint density at radius 2 is 2.36 bits per heavy atom. The smallest absolute Gasteiger partial charge is 0.378 e. The SMILES string of the molecule is COC([SiH3])CCC=CC([O])=O. The summed E-state index contributed by atoms with van der Waals surface area (Å²) >= 11 is 0. The van der Waals surface area contributed by atoms with Gasteiger partial charge in [0.05, 0.1) is 0 Å². The monoisotopic (exact) mass is 173 g/mol. The second-order valence-corrected chi connectivity index (χ2v) is 3.63. The lowest BCUT2D eigenvalue weighted by molar-refractivity contribution is -0.137. The topological polar surface area (TPSA) is 46.2 Å². The maximum absolute atomic E-state index is 9.89. The van der Waals surface area contributed by atoms with E-state index in [1.54, 1.807) is 13.2 Å². The number of hydrogen-bond donors (Lipinski definition) is 0. The molecule has 0 fully saturated rings. The second-order valence-electron chi connectivity index (χ2n) is 2.35. The zero-order chi connectivity index (χ0) is 8.69. The van der Waals surface area contributed by atoms with Crippen LogP contribution < -0.4 is 0 Å². The molecule has 0 aliphatic heterocycles. The van der Waals surface area contributed by atoms with Gasteiger partial charge in [-0.25, -0.2) is 9.90 Å². The highest BCUT2D eigenvalue weighted by Crippen LogP contribution is 1.97. The van der Waals surface area contributed by atoms with Crippen molar-refractivity contribution in [3.05, 3.63) is 12.2 Å². The maximum Gasteiger partial charge on any atom is 0.378 e. The summed E-state index contributed by atoms with van der Waals surface area (Å²) in [6, 6.07) is 0. The summed E-state index contributed by atoms with van der Waals surface area (Å²) in [4.78, 5) is 9.89. The van der Waals surface area contributed by atoms with E-state index in [0.29, 0.717) is 5.73 Å². The molecule has 0 heterocycles. The molecule has 0 spiro atoms. The van der Waals surface area contributed by atoms with Gasteiger partial charge in [-0.3, -0.25) is 0 Å². The van der Waals surface area contributed by atoms with Gasteiger partial charge in [0.2, 0.25) is 0 Å². The van der Waals surface area contributed by atoms with Gasteiger partial charge in [-0.05, 0) is 12.8 Å². The molecule has 11 heavy (non-hydrogen) atoms. The third-order valence-electron chi connectivity index (χ3n) is 1.40. The fourth-order valence-corrected chi connectivity index (χ4v) is 0.962.